The molecule has 3 amide bonds. The van der Waals surface area contributed by atoms with Gasteiger partial charge in [-0.15, -0.1) is 0 Å². The molecule has 0 aliphatic rings. The standard InChI is InChI=1S/C33H41N3O3/c1-4-19-36(20-5-2)33(39)29-18-12-17-28(23-29)32(38)35-30(22-26-13-8-6-9-14-26)21-25(3)31(37)34-24-27-15-10-7-11-16-27/h6-18,23,25,30H,4-5,19-22,24H2,1-3H3,(H,34,37)(H,35,38)/t25-,30?/m1/s1. The van der Waals surface area contributed by atoms with Crippen LogP contribution in [0.1, 0.15) is 71.9 Å². The molecule has 0 heterocycles. The zero-order valence-corrected chi connectivity index (χ0v) is 23.4. The van der Waals surface area contributed by atoms with E-state index in [2.05, 4.69) is 24.5 Å². The molecular formula is C33H41N3O3. The Morgan fingerprint density at radius 2 is 1.36 bits per heavy atom. The summed E-state index contributed by atoms with van der Waals surface area (Å²) in [5.41, 5.74) is 3.07. The van der Waals surface area contributed by atoms with Crippen LogP contribution in [0.2, 0.25) is 0 Å². The van der Waals surface area contributed by atoms with Gasteiger partial charge in [-0.3, -0.25) is 14.4 Å². The van der Waals surface area contributed by atoms with Gasteiger partial charge in [0.1, 0.15) is 0 Å². The summed E-state index contributed by atoms with van der Waals surface area (Å²) in [5, 5.41) is 6.15. The Morgan fingerprint density at radius 1 is 0.769 bits per heavy atom. The number of carbonyl (C=O) groups is 3. The highest BCUT2D eigenvalue weighted by Gasteiger charge is 2.22. The van der Waals surface area contributed by atoms with Crippen LogP contribution in [0.3, 0.4) is 0 Å². The lowest BCUT2D eigenvalue weighted by Gasteiger charge is -2.23. The van der Waals surface area contributed by atoms with Gasteiger partial charge in [-0.2, -0.15) is 0 Å². The number of nitrogens with one attached hydrogen (secondary N) is 2. The third-order valence-corrected chi connectivity index (χ3v) is 6.70. The van der Waals surface area contributed by atoms with Crippen molar-refractivity contribution in [1.82, 2.24) is 15.5 Å². The molecule has 6 heteroatoms. The molecule has 1 unspecified atom stereocenters. The van der Waals surface area contributed by atoms with Crippen LogP contribution >= 0.6 is 0 Å². The van der Waals surface area contributed by atoms with Gasteiger partial charge in [-0.25, -0.2) is 0 Å². The monoisotopic (exact) mass is 527 g/mol. The number of rotatable bonds is 14. The lowest BCUT2D eigenvalue weighted by atomic mass is 9.95. The van der Waals surface area contributed by atoms with Gasteiger partial charge in [0, 0.05) is 42.7 Å². The van der Waals surface area contributed by atoms with Gasteiger partial charge >= 0.3 is 0 Å². The van der Waals surface area contributed by atoms with Gasteiger partial charge < -0.3 is 15.5 Å². The first-order chi connectivity index (χ1) is 18.9. The van der Waals surface area contributed by atoms with Crippen molar-refractivity contribution in [3.05, 3.63) is 107 Å². The summed E-state index contributed by atoms with van der Waals surface area (Å²) in [7, 11) is 0. The molecule has 0 spiro atoms. The van der Waals surface area contributed by atoms with E-state index in [1.165, 1.54) is 0 Å². The first-order valence-corrected chi connectivity index (χ1v) is 14.0. The van der Waals surface area contributed by atoms with Gasteiger partial charge in [-0.05, 0) is 55.0 Å². The number of nitrogens with zero attached hydrogens (tertiary/aromatic N) is 1. The Kier molecular flexibility index (Phi) is 11.8. The summed E-state index contributed by atoms with van der Waals surface area (Å²) in [4.78, 5) is 41.2. The predicted molar refractivity (Wildman–Crippen MR) is 156 cm³/mol. The second kappa shape index (κ2) is 15.5. The topological polar surface area (TPSA) is 78.5 Å². The summed E-state index contributed by atoms with van der Waals surface area (Å²) in [6, 6.07) is 26.4. The normalized spacial score (nSPS) is 12.3. The fourth-order valence-corrected chi connectivity index (χ4v) is 4.68. The molecule has 0 fully saturated rings. The number of amides is 3. The lowest BCUT2D eigenvalue weighted by molar-refractivity contribution is -0.125. The quantitative estimate of drug-likeness (QED) is 0.285. The third kappa shape index (κ3) is 9.40. The molecule has 2 N–H and O–H groups in total. The van der Waals surface area contributed by atoms with Crippen LogP contribution in [0.15, 0.2) is 84.9 Å². The summed E-state index contributed by atoms with van der Waals surface area (Å²) in [6.07, 6.45) is 2.84. The molecule has 3 aromatic carbocycles. The van der Waals surface area contributed by atoms with Gasteiger partial charge in [0.05, 0.1) is 0 Å². The summed E-state index contributed by atoms with van der Waals surface area (Å²) in [6.45, 7) is 7.83. The van der Waals surface area contributed by atoms with E-state index >= 15 is 0 Å². The largest absolute Gasteiger partial charge is 0.352 e. The lowest BCUT2D eigenvalue weighted by Crippen LogP contribution is -2.40. The fourth-order valence-electron chi connectivity index (χ4n) is 4.68. The van der Waals surface area contributed by atoms with Gasteiger partial charge in [0.15, 0.2) is 0 Å². The molecule has 0 bridgehead atoms. The molecule has 0 aliphatic heterocycles. The Hall–Kier alpha value is -3.93. The predicted octanol–water partition coefficient (Wildman–Crippen LogP) is 5.63. The first-order valence-electron chi connectivity index (χ1n) is 14.0. The number of hydrogen-bond donors (Lipinski definition) is 2. The molecule has 2 atom stereocenters. The summed E-state index contributed by atoms with van der Waals surface area (Å²) < 4.78 is 0. The van der Waals surface area contributed by atoms with Crippen molar-refractivity contribution in [2.45, 2.75) is 59.0 Å². The average Bonchev–Trinajstić information content (AvgIpc) is 2.96. The van der Waals surface area contributed by atoms with Crippen molar-refractivity contribution >= 4 is 17.7 Å². The molecule has 0 aromatic heterocycles. The Balaban J connectivity index is 1.71. The minimum atomic E-state index is -0.299. The van der Waals surface area contributed by atoms with Crippen LogP contribution in [-0.4, -0.2) is 41.8 Å². The molecule has 0 radical (unpaired) electrons. The molecule has 3 aromatic rings. The van der Waals surface area contributed by atoms with E-state index in [-0.39, 0.29) is 29.7 Å². The van der Waals surface area contributed by atoms with Gasteiger partial charge in [-0.1, -0.05) is 87.5 Å². The van der Waals surface area contributed by atoms with Crippen LogP contribution in [0.5, 0.6) is 0 Å². The summed E-state index contributed by atoms with van der Waals surface area (Å²) in [5.74, 6) is -0.657. The Bertz CT molecular complexity index is 1190. The van der Waals surface area contributed by atoms with E-state index in [0.29, 0.717) is 43.6 Å². The van der Waals surface area contributed by atoms with Crippen molar-refractivity contribution < 1.29 is 14.4 Å². The zero-order valence-electron chi connectivity index (χ0n) is 23.4. The highest BCUT2D eigenvalue weighted by Crippen LogP contribution is 2.15. The smallest absolute Gasteiger partial charge is 0.253 e. The van der Waals surface area contributed by atoms with E-state index in [1.807, 2.05) is 72.5 Å². The Morgan fingerprint density at radius 3 is 1.97 bits per heavy atom. The molecule has 0 aliphatic carbocycles. The molecule has 3 rings (SSSR count). The van der Waals surface area contributed by atoms with Crippen LogP contribution in [0.25, 0.3) is 0 Å². The van der Waals surface area contributed by atoms with Crippen LogP contribution in [0, 0.1) is 5.92 Å². The second-order valence-corrected chi connectivity index (χ2v) is 10.1. The number of benzene rings is 3. The maximum atomic E-state index is 13.4. The van der Waals surface area contributed by atoms with Crippen LogP contribution in [-0.2, 0) is 17.8 Å². The van der Waals surface area contributed by atoms with E-state index < -0.39 is 0 Å². The highest BCUT2D eigenvalue weighted by atomic mass is 16.2. The van der Waals surface area contributed by atoms with Crippen molar-refractivity contribution in [3.8, 4) is 0 Å². The second-order valence-electron chi connectivity index (χ2n) is 10.1. The highest BCUT2D eigenvalue weighted by molar-refractivity contribution is 5.99. The maximum Gasteiger partial charge on any atom is 0.253 e. The van der Waals surface area contributed by atoms with Gasteiger partial charge in [0.2, 0.25) is 5.91 Å². The first kappa shape index (κ1) is 29.6. The number of carbonyl (C=O) groups excluding carboxylic acids is 3. The van der Waals surface area contributed by atoms with Crippen molar-refractivity contribution in [1.29, 1.82) is 0 Å². The molecule has 0 saturated carbocycles. The molecule has 206 valence electrons. The minimum absolute atomic E-state index is 0.0503. The molecule has 6 nitrogen and oxygen atoms in total. The molecule has 39 heavy (non-hydrogen) atoms. The molecular weight excluding hydrogens is 486 g/mol. The zero-order chi connectivity index (χ0) is 28.0. The maximum absolute atomic E-state index is 13.4. The average molecular weight is 528 g/mol. The Labute approximate surface area is 232 Å². The number of hydrogen-bond acceptors (Lipinski definition) is 3. The van der Waals surface area contributed by atoms with Crippen molar-refractivity contribution in [2.75, 3.05) is 13.1 Å². The van der Waals surface area contributed by atoms with Crippen LogP contribution in [0.4, 0.5) is 0 Å². The van der Waals surface area contributed by atoms with E-state index in [1.54, 1.807) is 24.3 Å². The van der Waals surface area contributed by atoms with Gasteiger partial charge in [0.25, 0.3) is 11.8 Å². The van der Waals surface area contributed by atoms with E-state index in [0.717, 1.165) is 24.0 Å². The van der Waals surface area contributed by atoms with Crippen LogP contribution < -0.4 is 10.6 Å². The van der Waals surface area contributed by atoms with Crippen molar-refractivity contribution in [3.63, 3.8) is 0 Å². The van der Waals surface area contributed by atoms with E-state index in [4.69, 9.17) is 0 Å². The fraction of sp³-hybridized carbons (Fsp3) is 0.364. The SMILES string of the molecule is CCCN(CCC)C(=O)c1cccc(C(=O)NC(Cc2ccccc2)C[C@@H](C)C(=O)NCc2ccccc2)c1. The third-order valence-electron chi connectivity index (χ3n) is 6.70. The van der Waals surface area contributed by atoms with E-state index in [9.17, 15) is 14.4 Å². The molecule has 0 saturated heterocycles. The summed E-state index contributed by atoms with van der Waals surface area (Å²) >= 11 is 0. The minimum Gasteiger partial charge on any atom is -0.352 e. The van der Waals surface area contributed by atoms with Crippen molar-refractivity contribution in [2.24, 2.45) is 5.92 Å².